The predicted molar refractivity (Wildman–Crippen MR) is 94.9 cm³/mol. The molecule has 25 heavy (non-hydrogen) atoms. The second-order valence-corrected chi connectivity index (χ2v) is 6.95. The number of hydrogen-bond donors (Lipinski definition) is 1. The highest BCUT2D eigenvalue weighted by molar-refractivity contribution is 7.15. The van der Waals surface area contributed by atoms with E-state index in [9.17, 15) is 4.79 Å². The fourth-order valence-electron chi connectivity index (χ4n) is 3.46. The first kappa shape index (κ1) is 14.4. The summed E-state index contributed by atoms with van der Waals surface area (Å²) in [6.07, 6.45) is 6.13. The molecule has 1 unspecified atom stereocenters. The van der Waals surface area contributed by atoms with Gasteiger partial charge in [0.25, 0.3) is 0 Å². The molecule has 0 radical (unpaired) electrons. The summed E-state index contributed by atoms with van der Waals surface area (Å²) in [7, 11) is 0. The van der Waals surface area contributed by atoms with Crippen LogP contribution in [-0.4, -0.2) is 25.1 Å². The van der Waals surface area contributed by atoms with E-state index < -0.39 is 0 Å². The van der Waals surface area contributed by atoms with E-state index in [1.807, 2.05) is 40.7 Å². The van der Waals surface area contributed by atoms with Gasteiger partial charge in [0.1, 0.15) is 0 Å². The van der Waals surface area contributed by atoms with Gasteiger partial charge in [-0.1, -0.05) is 12.1 Å². The molecule has 1 aliphatic rings. The molecule has 1 atom stereocenters. The third-order valence-electron chi connectivity index (χ3n) is 4.59. The fraction of sp³-hybridized carbons (Fsp3) is 0.167. The topological polar surface area (TPSA) is 64.2 Å². The Morgan fingerprint density at radius 2 is 2.20 bits per heavy atom. The van der Waals surface area contributed by atoms with Gasteiger partial charge in [0.15, 0.2) is 4.96 Å². The van der Waals surface area contributed by atoms with Crippen molar-refractivity contribution in [2.24, 2.45) is 0 Å². The lowest BCUT2D eigenvalue weighted by molar-refractivity contribution is -0.121. The van der Waals surface area contributed by atoms with Crippen LogP contribution in [0.1, 0.15) is 29.3 Å². The molecule has 0 saturated carbocycles. The number of aromatic nitrogens is 4. The fourth-order valence-corrected chi connectivity index (χ4v) is 4.20. The Morgan fingerprint density at radius 1 is 1.24 bits per heavy atom. The van der Waals surface area contributed by atoms with Crippen molar-refractivity contribution >= 4 is 22.2 Å². The van der Waals surface area contributed by atoms with Crippen molar-refractivity contribution in [1.29, 1.82) is 0 Å². The molecule has 4 aromatic rings. The van der Waals surface area contributed by atoms with Gasteiger partial charge < -0.3 is 5.32 Å². The zero-order valence-corrected chi connectivity index (χ0v) is 14.1. The standard InChI is InChI=1S/C18H15N5OS/c24-16-10-14(12-3-1-4-13(9-12)23-6-2-5-20-23)17-15(11-19-16)21-18-22(17)7-8-25-18/h1-9,14H,10-11H2,(H,19,24). The molecular weight excluding hydrogens is 334 g/mol. The van der Waals surface area contributed by atoms with Crippen molar-refractivity contribution in [1.82, 2.24) is 24.5 Å². The normalized spacial score (nSPS) is 17.3. The van der Waals surface area contributed by atoms with Crippen molar-refractivity contribution in [3.05, 3.63) is 71.3 Å². The Hall–Kier alpha value is -2.93. The number of nitrogens with one attached hydrogen (secondary N) is 1. The van der Waals surface area contributed by atoms with Crippen LogP contribution in [-0.2, 0) is 11.3 Å². The van der Waals surface area contributed by atoms with E-state index in [1.165, 1.54) is 0 Å². The van der Waals surface area contributed by atoms with Crippen LogP contribution in [0.5, 0.6) is 0 Å². The Kier molecular flexibility index (Phi) is 3.21. The van der Waals surface area contributed by atoms with Gasteiger partial charge in [-0.3, -0.25) is 9.20 Å². The lowest BCUT2D eigenvalue weighted by Gasteiger charge is -2.16. The van der Waals surface area contributed by atoms with Crippen LogP contribution in [0.25, 0.3) is 10.6 Å². The summed E-state index contributed by atoms with van der Waals surface area (Å²) in [6.45, 7) is 0.484. The van der Waals surface area contributed by atoms with Crippen LogP contribution >= 0.6 is 11.3 Å². The number of thiazole rings is 1. The average molecular weight is 349 g/mol. The van der Waals surface area contributed by atoms with Gasteiger partial charge in [0.05, 0.1) is 23.6 Å². The number of nitrogens with zero attached hydrogens (tertiary/aromatic N) is 4. The van der Waals surface area contributed by atoms with Crippen LogP contribution in [0, 0.1) is 0 Å². The van der Waals surface area contributed by atoms with Crippen molar-refractivity contribution in [3.8, 4) is 5.69 Å². The van der Waals surface area contributed by atoms with Gasteiger partial charge in [-0.25, -0.2) is 9.67 Å². The van der Waals surface area contributed by atoms with Gasteiger partial charge in [-0.15, -0.1) is 11.3 Å². The molecule has 0 bridgehead atoms. The molecule has 1 aliphatic heterocycles. The lowest BCUT2D eigenvalue weighted by atomic mass is 9.91. The molecule has 3 aromatic heterocycles. The molecule has 1 amide bonds. The third kappa shape index (κ3) is 2.35. The van der Waals surface area contributed by atoms with E-state index in [0.717, 1.165) is 27.6 Å². The number of hydrogen-bond acceptors (Lipinski definition) is 4. The Labute approximate surface area is 147 Å². The first-order chi connectivity index (χ1) is 12.3. The van der Waals surface area contributed by atoms with E-state index in [0.29, 0.717) is 13.0 Å². The monoisotopic (exact) mass is 349 g/mol. The molecule has 6 nitrogen and oxygen atoms in total. The summed E-state index contributed by atoms with van der Waals surface area (Å²) in [5.74, 6) is 0.0223. The Balaban J connectivity index is 1.68. The molecule has 124 valence electrons. The molecule has 5 rings (SSSR count). The predicted octanol–water partition coefficient (Wildman–Crippen LogP) is 2.73. The zero-order valence-electron chi connectivity index (χ0n) is 13.3. The van der Waals surface area contributed by atoms with E-state index in [1.54, 1.807) is 17.5 Å². The zero-order chi connectivity index (χ0) is 16.8. The lowest BCUT2D eigenvalue weighted by Crippen LogP contribution is -2.21. The van der Waals surface area contributed by atoms with E-state index in [4.69, 9.17) is 4.98 Å². The average Bonchev–Trinajstić information content (AvgIpc) is 3.34. The number of amides is 1. The minimum Gasteiger partial charge on any atom is -0.350 e. The van der Waals surface area contributed by atoms with E-state index in [2.05, 4.69) is 26.9 Å². The number of carbonyl (C=O) groups excluding carboxylic acids is 1. The van der Waals surface area contributed by atoms with Crippen molar-refractivity contribution < 1.29 is 4.79 Å². The molecular formula is C18H15N5OS. The maximum Gasteiger partial charge on any atom is 0.221 e. The summed E-state index contributed by atoms with van der Waals surface area (Å²) in [5, 5.41) is 9.30. The van der Waals surface area contributed by atoms with Gasteiger partial charge in [0, 0.05) is 36.3 Å². The van der Waals surface area contributed by atoms with Crippen molar-refractivity contribution in [2.75, 3.05) is 0 Å². The number of imidazole rings is 1. The third-order valence-corrected chi connectivity index (χ3v) is 5.35. The first-order valence-electron chi connectivity index (χ1n) is 8.10. The molecule has 4 heterocycles. The van der Waals surface area contributed by atoms with E-state index in [-0.39, 0.29) is 11.8 Å². The number of fused-ring (bicyclic) bond motifs is 3. The minimum atomic E-state index is -0.0300. The molecule has 0 spiro atoms. The van der Waals surface area contributed by atoms with Crippen LogP contribution in [0.2, 0.25) is 0 Å². The summed E-state index contributed by atoms with van der Waals surface area (Å²) in [6, 6.07) is 10.1. The van der Waals surface area contributed by atoms with Crippen LogP contribution < -0.4 is 5.32 Å². The highest BCUT2D eigenvalue weighted by atomic mass is 32.1. The molecule has 0 fully saturated rings. The Morgan fingerprint density at radius 3 is 3.08 bits per heavy atom. The van der Waals surface area contributed by atoms with Crippen molar-refractivity contribution in [3.63, 3.8) is 0 Å². The van der Waals surface area contributed by atoms with Crippen LogP contribution in [0.4, 0.5) is 0 Å². The maximum absolute atomic E-state index is 12.3. The van der Waals surface area contributed by atoms with E-state index >= 15 is 0 Å². The van der Waals surface area contributed by atoms with Gasteiger partial charge in [-0.2, -0.15) is 5.10 Å². The summed E-state index contributed by atoms with van der Waals surface area (Å²) in [5.41, 5.74) is 4.14. The number of rotatable bonds is 2. The highest BCUT2D eigenvalue weighted by Crippen LogP contribution is 2.34. The quantitative estimate of drug-likeness (QED) is 0.605. The summed E-state index contributed by atoms with van der Waals surface area (Å²) in [4.78, 5) is 17.9. The Bertz CT molecular complexity index is 1060. The maximum atomic E-state index is 12.3. The largest absolute Gasteiger partial charge is 0.350 e. The molecule has 1 N–H and O–H groups in total. The minimum absolute atomic E-state index is 0.0300. The molecule has 1 aromatic carbocycles. The number of carbonyl (C=O) groups is 1. The molecule has 0 saturated heterocycles. The van der Waals surface area contributed by atoms with Crippen LogP contribution in [0.15, 0.2) is 54.3 Å². The SMILES string of the molecule is O=C1CC(c2cccc(-n3cccn3)c2)c2c(nc3sccn23)CN1. The second kappa shape index (κ2) is 5.56. The summed E-state index contributed by atoms with van der Waals surface area (Å²) >= 11 is 1.61. The second-order valence-electron chi connectivity index (χ2n) is 6.08. The molecule has 7 heteroatoms. The van der Waals surface area contributed by atoms with Crippen molar-refractivity contribution in [2.45, 2.75) is 18.9 Å². The smallest absolute Gasteiger partial charge is 0.221 e. The van der Waals surface area contributed by atoms with Gasteiger partial charge in [-0.05, 0) is 23.8 Å². The highest BCUT2D eigenvalue weighted by Gasteiger charge is 2.29. The summed E-state index contributed by atoms with van der Waals surface area (Å²) < 4.78 is 3.95. The first-order valence-corrected chi connectivity index (χ1v) is 8.98. The van der Waals surface area contributed by atoms with Crippen LogP contribution in [0.3, 0.4) is 0 Å². The van der Waals surface area contributed by atoms with Gasteiger partial charge in [0.2, 0.25) is 5.91 Å². The molecule has 0 aliphatic carbocycles. The number of benzene rings is 1. The van der Waals surface area contributed by atoms with Gasteiger partial charge >= 0.3 is 0 Å².